The van der Waals surface area contributed by atoms with Crippen molar-refractivity contribution in [3.63, 3.8) is 0 Å². The zero-order chi connectivity index (χ0) is 12.4. The van der Waals surface area contributed by atoms with Crippen molar-refractivity contribution < 1.29 is 9.26 Å². The molecule has 1 atom stereocenters. The molecule has 0 bridgehead atoms. The van der Waals surface area contributed by atoms with E-state index in [1.807, 2.05) is 25.1 Å². The SMILES string of the molecule is Cc1cccc(-c2nc(C3COCCN3)no2)n1. The van der Waals surface area contributed by atoms with Gasteiger partial charge in [0.15, 0.2) is 5.82 Å². The Labute approximate surface area is 104 Å². The summed E-state index contributed by atoms with van der Waals surface area (Å²) in [7, 11) is 0. The minimum Gasteiger partial charge on any atom is -0.378 e. The lowest BCUT2D eigenvalue weighted by Gasteiger charge is -2.20. The monoisotopic (exact) mass is 246 g/mol. The second-order valence-electron chi connectivity index (χ2n) is 4.20. The Bertz CT molecular complexity index is 534. The third-order valence-corrected chi connectivity index (χ3v) is 2.78. The van der Waals surface area contributed by atoms with Crippen LogP contribution >= 0.6 is 0 Å². The van der Waals surface area contributed by atoms with E-state index in [1.54, 1.807) is 0 Å². The summed E-state index contributed by atoms with van der Waals surface area (Å²) in [6.45, 7) is 4.02. The van der Waals surface area contributed by atoms with E-state index in [4.69, 9.17) is 9.26 Å². The lowest BCUT2D eigenvalue weighted by Crippen LogP contribution is -2.35. The van der Waals surface area contributed by atoms with Crippen LogP contribution in [0, 0.1) is 6.92 Å². The molecule has 0 radical (unpaired) electrons. The Balaban J connectivity index is 1.84. The normalized spacial score (nSPS) is 19.9. The van der Waals surface area contributed by atoms with Crippen LogP contribution in [0.4, 0.5) is 0 Å². The fourth-order valence-electron chi connectivity index (χ4n) is 1.87. The van der Waals surface area contributed by atoms with E-state index in [-0.39, 0.29) is 6.04 Å². The fourth-order valence-corrected chi connectivity index (χ4v) is 1.87. The molecule has 1 N–H and O–H groups in total. The van der Waals surface area contributed by atoms with Crippen molar-refractivity contribution in [1.82, 2.24) is 20.4 Å². The summed E-state index contributed by atoms with van der Waals surface area (Å²) in [4.78, 5) is 8.72. The van der Waals surface area contributed by atoms with Crippen LogP contribution < -0.4 is 5.32 Å². The quantitative estimate of drug-likeness (QED) is 0.855. The van der Waals surface area contributed by atoms with Crippen LogP contribution in [0.25, 0.3) is 11.6 Å². The summed E-state index contributed by atoms with van der Waals surface area (Å²) in [5.74, 6) is 1.06. The van der Waals surface area contributed by atoms with Crippen molar-refractivity contribution >= 4 is 0 Å². The molecule has 0 amide bonds. The maximum absolute atomic E-state index is 5.37. The standard InChI is InChI=1S/C12H14N4O2/c1-8-3-2-4-9(14-8)12-15-11(16-18-12)10-7-17-6-5-13-10/h2-4,10,13H,5-7H2,1H3. The fraction of sp³-hybridized carbons (Fsp3) is 0.417. The number of hydrogen-bond acceptors (Lipinski definition) is 6. The van der Waals surface area contributed by atoms with Gasteiger partial charge in [-0.1, -0.05) is 11.2 Å². The first-order valence-corrected chi connectivity index (χ1v) is 5.92. The van der Waals surface area contributed by atoms with Crippen LogP contribution in [0.15, 0.2) is 22.7 Å². The Hall–Kier alpha value is -1.79. The molecule has 3 heterocycles. The van der Waals surface area contributed by atoms with Crippen molar-refractivity contribution in [2.24, 2.45) is 0 Å². The van der Waals surface area contributed by atoms with Crippen LogP contribution in [-0.4, -0.2) is 34.9 Å². The zero-order valence-corrected chi connectivity index (χ0v) is 10.1. The number of nitrogens with one attached hydrogen (secondary N) is 1. The van der Waals surface area contributed by atoms with Gasteiger partial charge in [-0.15, -0.1) is 0 Å². The summed E-state index contributed by atoms with van der Waals surface area (Å²) in [6, 6.07) is 5.71. The van der Waals surface area contributed by atoms with Crippen LogP contribution in [0.1, 0.15) is 17.6 Å². The zero-order valence-electron chi connectivity index (χ0n) is 10.1. The Morgan fingerprint density at radius 2 is 2.28 bits per heavy atom. The number of pyridine rings is 1. The number of hydrogen-bond donors (Lipinski definition) is 1. The molecule has 0 spiro atoms. The predicted octanol–water partition coefficient (Wildman–Crippen LogP) is 1.10. The van der Waals surface area contributed by atoms with E-state index in [9.17, 15) is 0 Å². The molecule has 3 rings (SSSR count). The van der Waals surface area contributed by atoms with Crippen molar-refractivity contribution in [2.75, 3.05) is 19.8 Å². The van der Waals surface area contributed by atoms with E-state index in [0.29, 0.717) is 24.0 Å². The molecule has 0 aliphatic carbocycles. The van der Waals surface area contributed by atoms with Gasteiger partial charge in [0.25, 0.3) is 5.89 Å². The van der Waals surface area contributed by atoms with Gasteiger partial charge in [-0.05, 0) is 19.1 Å². The second-order valence-corrected chi connectivity index (χ2v) is 4.20. The van der Waals surface area contributed by atoms with Gasteiger partial charge in [0.2, 0.25) is 0 Å². The first-order chi connectivity index (χ1) is 8.83. The largest absolute Gasteiger partial charge is 0.378 e. The molecule has 1 fully saturated rings. The third kappa shape index (κ3) is 2.25. The van der Waals surface area contributed by atoms with Gasteiger partial charge in [-0.25, -0.2) is 4.98 Å². The van der Waals surface area contributed by atoms with Crippen molar-refractivity contribution in [1.29, 1.82) is 0 Å². The molecule has 1 unspecified atom stereocenters. The topological polar surface area (TPSA) is 73.1 Å². The van der Waals surface area contributed by atoms with E-state index in [0.717, 1.165) is 18.8 Å². The Morgan fingerprint density at radius 3 is 3.06 bits per heavy atom. The maximum atomic E-state index is 5.37. The molecule has 1 saturated heterocycles. The maximum Gasteiger partial charge on any atom is 0.276 e. The van der Waals surface area contributed by atoms with E-state index >= 15 is 0 Å². The molecular weight excluding hydrogens is 232 g/mol. The molecular formula is C12H14N4O2. The van der Waals surface area contributed by atoms with E-state index in [1.165, 1.54) is 0 Å². The third-order valence-electron chi connectivity index (χ3n) is 2.78. The molecule has 2 aromatic rings. The number of rotatable bonds is 2. The summed E-state index contributed by atoms with van der Waals surface area (Å²) in [5.41, 5.74) is 1.62. The summed E-state index contributed by atoms with van der Waals surface area (Å²) >= 11 is 0. The minimum atomic E-state index is 0.000981. The number of morpholine rings is 1. The van der Waals surface area contributed by atoms with Crippen LogP contribution in [0.2, 0.25) is 0 Å². The van der Waals surface area contributed by atoms with Gasteiger partial charge in [0, 0.05) is 12.2 Å². The Morgan fingerprint density at radius 1 is 1.33 bits per heavy atom. The average molecular weight is 246 g/mol. The first-order valence-electron chi connectivity index (χ1n) is 5.92. The summed E-state index contributed by atoms with van der Waals surface area (Å²) < 4.78 is 10.6. The summed E-state index contributed by atoms with van der Waals surface area (Å²) in [6.07, 6.45) is 0. The number of nitrogens with zero attached hydrogens (tertiary/aromatic N) is 3. The lowest BCUT2D eigenvalue weighted by molar-refractivity contribution is 0.0734. The first kappa shape index (κ1) is 11.3. The molecule has 94 valence electrons. The van der Waals surface area contributed by atoms with Gasteiger partial charge in [0.1, 0.15) is 5.69 Å². The molecule has 18 heavy (non-hydrogen) atoms. The molecule has 6 heteroatoms. The summed E-state index contributed by atoms with van der Waals surface area (Å²) in [5, 5.41) is 7.26. The van der Waals surface area contributed by atoms with Gasteiger partial charge >= 0.3 is 0 Å². The molecule has 0 saturated carbocycles. The van der Waals surface area contributed by atoms with E-state index < -0.39 is 0 Å². The van der Waals surface area contributed by atoms with Gasteiger partial charge in [-0.3, -0.25) is 0 Å². The number of aromatic nitrogens is 3. The smallest absolute Gasteiger partial charge is 0.276 e. The van der Waals surface area contributed by atoms with Gasteiger partial charge < -0.3 is 14.6 Å². The Kier molecular flexibility index (Phi) is 3.04. The minimum absolute atomic E-state index is 0.000981. The highest BCUT2D eigenvalue weighted by Crippen LogP contribution is 2.18. The number of aryl methyl sites for hydroxylation is 1. The average Bonchev–Trinajstić information content (AvgIpc) is 2.89. The highest BCUT2D eigenvalue weighted by Gasteiger charge is 2.21. The highest BCUT2D eigenvalue weighted by atomic mass is 16.5. The van der Waals surface area contributed by atoms with Crippen LogP contribution in [-0.2, 0) is 4.74 Å². The highest BCUT2D eigenvalue weighted by molar-refractivity contribution is 5.46. The molecule has 1 aliphatic heterocycles. The van der Waals surface area contributed by atoms with Gasteiger partial charge in [0.05, 0.1) is 19.3 Å². The van der Waals surface area contributed by atoms with E-state index in [2.05, 4.69) is 20.4 Å². The lowest BCUT2D eigenvalue weighted by atomic mass is 10.2. The van der Waals surface area contributed by atoms with Gasteiger partial charge in [-0.2, -0.15) is 4.98 Å². The molecule has 2 aromatic heterocycles. The number of ether oxygens (including phenoxy) is 1. The molecule has 6 nitrogen and oxygen atoms in total. The van der Waals surface area contributed by atoms with Crippen LogP contribution in [0.3, 0.4) is 0 Å². The molecule has 1 aliphatic rings. The van der Waals surface area contributed by atoms with Crippen molar-refractivity contribution in [3.05, 3.63) is 29.7 Å². The predicted molar refractivity (Wildman–Crippen MR) is 63.8 cm³/mol. The molecule has 0 aromatic carbocycles. The second kappa shape index (κ2) is 4.83. The van der Waals surface area contributed by atoms with Crippen LogP contribution in [0.5, 0.6) is 0 Å². The van der Waals surface area contributed by atoms with Crippen molar-refractivity contribution in [2.45, 2.75) is 13.0 Å². The van der Waals surface area contributed by atoms with Crippen molar-refractivity contribution in [3.8, 4) is 11.6 Å².